The predicted molar refractivity (Wildman–Crippen MR) is 103 cm³/mol. The van der Waals surface area contributed by atoms with Crippen LogP contribution in [0.3, 0.4) is 0 Å². The summed E-state index contributed by atoms with van der Waals surface area (Å²) in [5.74, 6) is 1.28. The number of ether oxygens (including phenoxy) is 2. The molecular formula is C18H28Cl2N2O3. The zero-order chi connectivity index (χ0) is 17.7. The number of likely N-dealkylation sites (tertiary alicyclic amines) is 1. The molecule has 5 nitrogen and oxygen atoms in total. The molecule has 1 heterocycles. The highest BCUT2D eigenvalue weighted by Gasteiger charge is 2.27. The average Bonchev–Trinajstić information content (AvgIpc) is 2.59. The average molecular weight is 391 g/mol. The first kappa shape index (κ1) is 21.9. The van der Waals surface area contributed by atoms with Crippen molar-refractivity contribution in [3.63, 3.8) is 0 Å². The van der Waals surface area contributed by atoms with E-state index in [0.717, 1.165) is 25.8 Å². The minimum Gasteiger partial charge on any atom is -0.493 e. The number of piperidine rings is 1. The number of methoxy groups -OCH3 is 1. The molecule has 0 bridgehead atoms. The van der Waals surface area contributed by atoms with E-state index in [2.05, 4.69) is 0 Å². The van der Waals surface area contributed by atoms with E-state index >= 15 is 0 Å². The van der Waals surface area contributed by atoms with Gasteiger partial charge < -0.3 is 20.1 Å². The van der Waals surface area contributed by atoms with Crippen LogP contribution in [0.5, 0.6) is 11.5 Å². The van der Waals surface area contributed by atoms with Crippen molar-refractivity contribution in [1.29, 1.82) is 0 Å². The van der Waals surface area contributed by atoms with Gasteiger partial charge in [0.1, 0.15) is 0 Å². The van der Waals surface area contributed by atoms with E-state index in [9.17, 15) is 4.79 Å². The molecule has 0 aliphatic carbocycles. The molecule has 142 valence electrons. The molecular weight excluding hydrogens is 363 g/mol. The summed E-state index contributed by atoms with van der Waals surface area (Å²) in [6, 6.07) is 3.45. The Labute approximate surface area is 161 Å². The Kier molecular flexibility index (Phi) is 8.83. The van der Waals surface area contributed by atoms with E-state index in [1.165, 1.54) is 0 Å². The minimum atomic E-state index is -0.0393. The molecule has 0 radical (unpaired) electrons. The van der Waals surface area contributed by atoms with E-state index in [1.54, 1.807) is 19.2 Å². The molecule has 1 aromatic carbocycles. The molecule has 1 fully saturated rings. The minimum absolute atomic E-state index is 0. The van der Waals surface area contributed by atoms with Crippen LogP contribution in [-0.2, 0) is 0 Å². The maximum Gasteiger partial charge on any atom is 0.254 e. The van der Waals surface area contributed by atoms with Crippen molar-refractivity contribution in [2.45, 2.75) is 39.2 Å². The van der Waals surface area contributed by atoms with Crippen LogP contribution >= 0.6 is 24.0 Å². The maximum atomic E-state index is 12.8. The first-order valence-electron chi connectivity index (χ1n) is 8.53. The van der Waals surface area contributed by atoms with Gasteiger partial charge in [-0.25, -0.2) is 0 Å². The number of carbonyl (C=O) groups is 1. The summed E-state index contributed by atoms with van der Waals surface area (Å²) in [7, 11) is 1.55. The molecule has 25 heavy (non-hydrogen) atoms. The lowest BCUT2D eigenvalue weighted by Gasteiger charge is -2.34. The van der Waals surface area contributed by atoms with E-state index in [0.29, 0.717) is 41.2 Å². The van der Waals surface area contributed by atoms with Crippen LogP contribution < -0.4 is 15.2 Å². The standard InChI is InChI=1S/C18H27ClN2O3.ClH/c1-4-8-24-17-15(19)9-14(10-16(17)23-3)18(22)21-7-5-6-13(11-21)12(2)20;/h9-10,12-13H,4-8,11,20H2,1-3H3;1H. The Hall–Kier alpha value is -1.17. The maximum absolute atomic E-state index is 12.8. The second-order valence-electron chi connectivity index (χ2n) is 6.35. The normalized spacial score (nSPS) is 18.3. The third kappa shape index (κ3) is 5.40. The molecule has 2 N–H and O–H groups in total. The molecule has 1 saturated heterocycles. The molecule has 7 heteroatoms. The fraction of sp³-hybridized carbons (Fsp3) is 0.611. The zero-order valence-electron chi connectivity index (χ0n) is 15.1. The number of nitrogens with two attached hydrogens (primary N) is 1. The fourth-order valence-corrected chi connectivity index (χ4v) is 3.26. The van der Waals surface area contributed by atoms with Gasteiger partial charge in [0.2, 0.25) is 0 Å². The second kappa shape index (κ2) is 10.1. The SMILES string of the molecule is CCCOc1c(Cl)cc(C(=O)N2CCCC(C(C)N)C2)cc1OC.Cl. The van der Waals surface area contributed by atoms with Crippen molar-refractivity contribution in [1.82, 2.24) is 4.90 Å². The smallest absolute Gasteiger partial charge is 0.254 e. The first-order chi connectivity index (χ1) is 11.5. The van der Waals surface area contributed by atoms with E-state index in [-0.39, 0.29) is 24.4 Å². The van der Waals surface area contributed by atoms with E-state index in [4.69, 9.17) is 26.8 Å². The number of halogens is 2. The molecule has 1 aliphatic heterocycles. The summed E-state index contributed by atoms with van der Waals surface area (Å²) in [6.07, 6.45) is 2.91. The van der Waals surface area contributed by atoms with Crippen molar-refractivity contribution >= 4 is 29.9 Å². The van der Waals surface area contributed by atoms with Crippen molar-refractivity contribution < 1.29 is 14.3 Å². The monoisotopic (exact) mass is 390 g/mol. The van der Waals surface area contributed by atoms with Crippen LogP contribution in [0.4, 0.5) is 0 Å². The molecule has 0 aromatic heterocycles. The first-order valence-corrected chi connectivity index (χ1v) is 8.90. The molecule has 2 atom stereocenters. The lowest BCUT2D eigenvalue weighted by molar-refractivity contribution is 0.0660. The van der Waals surface area contributed by atoms with Gasteiger partial charge >= 0.3 is 0 Å². The largest absolute Gasteiger partial charge is 0.493 e. The van der Waals surface area contributed by atoms with Gasteiger partial charge in [0.15, 0.2) is 11.5 Å². The van der Waals surface area contributed by atoms with Crippen LogP contribution in [0.2, 0.25) is 5.02 Å². The molecule has 0 saturated carbocycles. The van der Waals surface area contributed by atoms with Gasteiger partial charge in [-0.3, -0.25) is 4.79 Å². The van der Waals surface area contributed by atoms with E-state index < -0.39 is 0 Å². The van der Waals surface area contributed by atoms with Crippen molar-refractivity contribution in [3.05, 3.63) is 22.7 Å². The summed E-state index contributed by atoms with van der Waals surface area (Å²) >= 11 is 6.32. The van der Waals surface area contributed by atoms with Gasteiger partial charge in [-0.05, 0) is 44.2 Å². The van der Waals surface area contributed by atoms with Gasteiger partial charge in [-0.1, -0.05) is 18.5 Å². The highest BCUT2D eigenvalue weighted by Crippen LogP contribution is 2.37. The Morgan fingerprint density at radius 3 is 2.80 bits per heavy atom. The Morgan fingerprint density at radius 1 is 1.48 bits per heavy atom. The highest BCUT2D eigenvalue weighted by atomic mass is 35.5. The number of benzene rings is 1. The molecule has 2 unspecified atom stereocenters. The number of nitrogens with zero attached hydrogens (tertiary/aromatic N) is 1. The van der Waals surface area contributed by atoms with Crippen molar-refractivity contribution in [2.24, 2.45) is 11.7 Å². The number of carbonyl (C=O) groups excluding carboxylic acids is 1. The third-order valence-corrected chi connectivity index (χ3v) is 4.70. The third-order valence-electron chi connectivity index (χ3n) is 4.42. The lowest BCUT2D eigenvalue weighted by Crippen LogP contribution is -2.45. The second-order valence-corrected chi connectivity index (χ2v) is 6.76. The summed E-state index contributed by atoms with van der Waals surface area (Å²) in [5, 5.41) is 0.395. The van der Waals surface area contributed by atoms with Crippen LogP contribution in [0.15, 0.2) is 12.1 Å². The molecule has 1 amide bonds. The molecule has 2 rings (SSSR count). The van der Waals surface area contributed by atoms with Gasteiger partial charge in [-0.2, -0.15) is 0 Å². The fourth-order valence-electron chi connectivity index (χ4n) is 2.99. The Morgan fingerprint density at radius 2 is 2.20 bits per heavy atom. The van der Waals surface area contributed by atoms with Crippen LogP contribution in [0.1, 0.15) is 43.5 Å². The van der Waals surface area contributed by atoms with E-state index in [1.807, 2.05) is 18.7 Å². The van der Waals surface area contributed by atoms with Crippen LogP contribution in [0.25, 0.3) is 0 Å². The quantitative estimate of drug-likeness (QED) is 0.802. The van der Waals surface area contributed by atoms with Gasteiger partial charge in [0.05, 0.1) is 18.7 Å². The van der Waals surface area contributed by atoms with Gasteiger partial charge in [0.25, 0.3) is 5.91 Å². The van der Waals surface area contributed by atoms with Crippen LogP contribution in [0, 0.1) is 5.92 Å². The summed E-state index contributed by atoms with van der Waals surface area (Å²) < 4.78 is 11.0. The Bertz CT molecular complexity index is 582. The highest BCUT2D eigenvalue weighted by molar-refractivity contribution is 6.32. The molecule has 1 aliphatic rings. The lowest BCUT2D eigenvalue weighted by atomic mass is 9.92. The topological polar surface area (TPSA) is 64.8 Å². The van der Waals surface area contributed by atoms with Crippen molar-refractivity contribution in [3.8, 4) is 11.5 Å². The van der Waals surface area contributed by atoms with Gasteiger partial charge in [0, 0.05) is 24.7 Å². The zero-order valence-corrected chi connectivity index (χ0v) is 16.7. The molecule has 0 spiro atoms. The number of amides is 1. The number of hydrogen-bond acceptors (Lipinski definition) is 4. The molecule has 1 aromatic rings. The van der Waals surface area contributed by atoms with Crippen LogP contribution in [-0.4, -0.2) is 43.7 Å². The Balaban J connectivity index is 0.00000312. The summed E-state index contributed by atoms with van der Waals surface area (Å²) in [4.78, 5) is 14.7. The summed E-state index contributed by atoms with van der Waals surface area (Å²) in [6.45, 7) is 5.99. The predicted octanol–water partition coefficient (Wildman–Crippen LogP) is 3.76. The van der Waals surface area contributed by atoms with Gasteiger partial charge in [-0.15, -0.1) is 12.4 Å². The van der Waals surface area contributed by atoms with Crippen molar-refractivity contribution in [2.75, 3.05) is 26.8 Å². The number of rotatable bonds is 6. The number of hydrogen-bond donors (Lipinski definition) is 1. The summed E-state index contributed by atoms with van der Waals surface area (Å²) in [5.41, 5.74) is 6.53.